The highest BCUT2D eigenvalue weighted by atomic mass is 32.2. The van der Waals surface area contributed by atoms with E-state index in [1.807, 2.05) is 66.9 Å². The number of hydrogen-bond acceptors (Lipinski definition) is 6. The lowest BCUT2D eigenvalue weighted by atomic mass is 10.2. The van der Waals surface area contributed by atoms with Crippen LogP contribution in [0, 0.1) is 6.92 Å². The Morgan fingerprint density at radius 3 is 2.59 bits per heavy atom. The van der Waals surface area contributed by atoms with E-state index in [1.54, 1.807) is 0 Å². The molecule has 2 heterocycles. The standard InChI is InChI=1S/C20H16N4OS2/c1-13-11-27-20(21-13)23-17(25)12-26-19-15-9-5-6-10-16(15)22-18(24-19)14-7-3-2-4-8-14/h2-11H,12H2,1H3,(H,21,23,25). The molecule has 1 N–H and O–H groups in total. The maximum atomic E-state index is 12.3. The van der Waals surface area contributed by atoms with E-state index in [9.17, 15) is 4.79 Å². The molecular weight excluding hydrogens is 376 g/mol. The Morgan fingerprint density at radius 2 is 1.81 bits per heavy atom. The second-order valence-corrected chi connectivity index (χ2v) is 7.69. The van der Waals surface area contributed by atoms with Gasteiger partial charge in [0.05, 0.1) is 17.0 Å². The predicted octanol–water partition coefficient (Wildman–Crippen LogP) is 4.79. The van der Waals surface area contributed by atoms with Crippen LogP contribution < -0.4 is 5.32 Å². The van der Waals surface area contributed by atoms with Crippen molar-refractivity contribution in [2.24, 2.45) is 0 Å². The summed E-state index contributed by atoms with van der Waals surface area (Å²) in [6.45, 7) is 1.90. The van der Waals surface area contributed by atoms with E-state index in [0.717, 1.165) is 27.2 Å². The van der Waals surface area contributed by atoms with Gasteiger partial charge in [0.2, 0.25) is 5.91 Å². The van der Waals surface area contributed by atoms with Crippen molar-refractivity contribution in [3.05, 3.63) is 65.7 Å². The highest BCUT2D eigenvalue weighted by Crippen LogP contribution is 2.28. The molecular formula is C20H16N4OS2. The Bertz CT molecular complexity index is 1100. The van der Waals surface area contributed by atoms with Gasteiger partial charge in [-0.25, -0.2) is 15.0 Å². The summed E-state index contributed by atoms with van der Waals surface area (Å²) in [7, 11) is 0. The molecule has 0 saturated heterocycles. The Labute approximate surface area is 164 Å². The fraction of sp³-hybridized carbons (Fsp3) is 0.100. The van der Waals surface area contributed by atoms with E-state index in [4.69, 9.17) is 4.98 Å². The first-order valence-electron chi connectivity index (χ1n) is 8.36. The molecule has 2 aromatic carbocycles. The minimum atomic E-state index is -0.0988. The van der Waals surface area contributed by atoms with Crippen LogP contribution in [0.1, 0.15) is 5.69 Å². The molecule has 0 unspecified atom stereocenters. The maximum Gasteiger partial charge on any atom is 0.236 e. The number of rotatable bonds is 5. The number of fused-ring (bicyclic) bond motifs is 1. The summed E-state index contributed by atoms with van der Waals surface area (Å²) in [6.07, 6.45) is 0. The minimum Gasteiger partial charge on any atom is -0.301 e. The first-order chi connectivity index (χ1) is 13.2. The number of thioether (sulfide) groups is 1. The van der Waals surface area contributed by atoms with E-state index in [-0.39, 0.29) is 11.7 Å². The molecule has 4 aromatic rings. The Kier molecular flexibility index (Phi) is 5.13. The normalized spacial score (nSPS) is 10.9. The van der Waals surface area contributed by atoms with Gasteiger partial charge in [-0.2, -0.15) is 0 Å². The van der Waals surface area contributed by atoms with E-state index in [0.29, 0.717) is 11.0 Å². The van der Waals surface area contributed by atoms with Crippen molar-refractivity contribution >= 4 is 45.0 Å². The number of aryl methyl sites for hydroxylation is 1. The van der Waals surface area contributed by atoms with Crippen LogP contribution in [0.3, 0.4) is 0 Å². The van der Waals surface area contributed by atoms with Crippen molar-refractivity contribution in [2.45, 2.75) is 11.9 Å². The van der Waals surface area contributed by atoms with Gasteiger partial charge in [-0.3, -0.25) is 4.79 Å². The summed E-state index contributed by atoms with van der Waals surface area (Å²) in [5.41, 5.74) is 2.72. The molecule has 134 valence electrons. The molecule has 0 aliphatic carbocycles. The average Bonchev–Trinajstić information content (AvgIpc) is 3.11. The largest absolute Gasteiger partial charge is 0.301 e. The van der Waals surface area contributed by atoms with E-state index >= 15 is 0 Å². The van der Waals surface area contributed by atoms with Gasteiger partial charge in [0.1, 0.15) is 5.03 Å². The molecule has 27 heavy (non-hydrogen) atoms. The zero-order chi connectivity index (χ0) is 18.6. The quantitative estimate of drug-likeness (QED) is 0.391. The summed E-state index contributed by atoms with van der Waals surface area (Å²) < 4.78 is 0. The number of aromatic nitrogens is 3. The van der Waals surface area contributed by atoms with Gasteiger partial charge in [-0.15, -0.1) is 11.3 Å². The summed E-state index contributed by atoms with van der Waals surface area (Å²) in [5.74, 6) is 0.819. The van der Waals surface area contributed by atoms with Gasteiger partial charge in [0, 0.05) is 16.3 Å². The van der Waals surface area contributed by atoms with E-state index in [2.05, 4.69) is 15.3 Å². The van der Waals surface area contributed by atoms with Crippen molar-refractivity contribution in [1.82, 2.24) is 15.0 Å². The lowest BCUT2D eigenvalue weighted by Crippen LogP contribution is -2.14. The summed E-state index contributed by atoms with van der Waals surface area (Å²) in [5, 5.41) is 7.10. The highest BCUT2D eigenvalue weighted by molar-refractivity contribution is 8.00. The zero-order valence-corrected chi connectivity index (χ0v) is 16.2. The van der Waals surface area contributed by atoms with Crippen molar-refractivity contribution in [1.29, 1.82) is 0 Å². The number of nitrogens with zero attached hydrogens (tertiary/aromatic N) is 3. The molecule has 0 fully saturated rings. The molecule has 4 rings (SSSR count). The lowest BCUT2D eigenvalue weighted by Gasteiger charge is -2.08. The number of nitrogens with one attached hydrogen (secondary N) is 1. The second kappa shape index (κ2) is 7.85. The number of amides is 1. The molecule has 0 atom stereocenters. The first kappa shape index (κ1) is 17.6. The summed E-state index contributed by atoms with van der Waals surface area (Å²) >= 11 is 2.83. The number of para-hydroxylation sites is 1. The van der Waals surface area contributed by atoms with Crippen molar-refractivity contribution in [3.8, 4) is 11.4 Å². The van der Waals surface area contributed by atoms with Gasteiger partial charge in [0.25, 0.3) is 0 Å². The maximum absolute atomic E-state index is 12.3. The fourth-order valence-electron chi connectivity index (χ4n) is 2.57. The van der Waals surface area contributed by atoms with Gasteiger partial charge >= 0.3 is 0 Å². The Morgan fingerprint density at radius 1 is 1.04 bits per heavy atom. The highest BCUT2D eigenvalue weighted by Gasteiger charge is 2.12. The third kappa shape index (κ3) is 4.15. The number of carbonyl (C=O) groups is 1. The SMILES string of the molecule is Cc1csc(NC(=O)CSc2nc(-c3ccccc3)nc3ccccc23)n1. The van der Waals surface area contributed by atoms with Crippen LogP contribution in [0.4, 0.5) is 5.13 Å². The van der Waals surface area contributed by atoms with Crippen LogP contribution in [-0.2, 0) is 4.79 Å². The Hall–Kier alpha value is -2.77. The molecule has 2 aromatic heterocycles. The van der Waals surface area contributed by atoms with E-state index < -0.39 is 0 Å². The zero-order valence-electron chi connectivity index (χ0n) is 14.5. The molecule has 0 saturated carbocycles. The van der Waals surface area contributed by atoms with Crippen molar-refractivity contribution in [3.63, 3.8) is 0 Å². The van der Waals surface area contributed by atoms with Crippen LogP contribution in [0.5, 0.6) is 0 Å². The summed E-state index contributed by atoms with van der Waals surface area (Å²) in [4.78, 5) is 25.9. The van der Waals surface area contributed by atoms with Crippen LogP contribution in [-0.4, -0.2) is 26.6 Å². The van der Waals surface area contributed by atoms with Crippen molar-refractivity contribution in [2.75, 3.05) is 11.1 Å². The molecule has 7 heteroatoms. The number of hydrogen-bond donors (Lipinski definition) is 1. The van der Waals surface area contributed by atoms with E-state index in [1.165, 1.54) is 23.1 Å². The van der Waals surface area contributed by atoms with Gasteiger partial charge in [0.15, 0.2) is 11.0 Å². The third-order valence-electron chi connectivity index (χ3n) is 3.81. The fourth-order valence-corrected chi connectivity index (χ4v) is 4.10. The summed E-state index contributed by atoms with van der Waals surface area (Å²) in [6, 6.07) is 17.7. The minimum absolute atomic E-state index is 0.0988. The van der Waals surface area contributed by atoms with Crippen LogP contribution >= 0.6 is 23.1 Å². The van der Waals surface area contributed by atoms with Gasteiger partial charge in [-0.05, 0) is 13.0 Å². The molecule has 5 nitrogen and oxygen atoms in total. The van der Waals surface area contributed by atoms with Crippen LogP contribution in [0.2, 0.25) is 0 Å². The monoisotopic (exact) mass is 392 g/mol. The first-order valence-corrected chi connectivity index (χ1v) is 10.2. The van der Waals surface area contributed by atoms with Crippen LogP contribution in [0.25, 0.3) is 22.3 Å². The predicted molar refractivity (Wildman–Crippen MR) is 111 cm³/mol. The second-order valence-electron chi connectivity index (χ2n) is 5.87. The number of thiazole rings is 1. The number of carbonyl (C=O) groups excluding carboxylic acids is 1. The molecule has 0 aliphatic heterocycles. The molecule has 1 amide bonds. The van der Waals surface area contributed by atoms with Gasteiger partial charge < -0.3 is 5.32 Å². The molecule has 0 radical (unpaired) electrons. The topological polar surface area (TPSA) is 67.8 Å². The molecule has 0 spiro atoms. The molecule has 0 aliphatic rings. The smallest absolute Gasteiger partial charge is 0.236 e. The van der Waals surface area contributed by atoms with Crippen LogP contribution in [0.15, 0.2) is 65.0 Å². The third-order valence-corrected chi connectivity index (χ3v) is 5.67. The number of benzene rings is 2. The number of anilines is 1. The van der Waals surface area contributed by atoms with Crippen molar-refractivity contribution < 1.29 is 4.79 Å². The Balaban J connectivity index is 1.59. The lowest BCUT2D eigenvalue weighted by molar-refractivity contribution is -0.113. The molecule has 0 bridgehead atoms. The average molecular weight is 393 g/mol. The van der Waals surface area contributed by atoms with Gasteiger partial charge in [-0.1, -0.05) is 60.3 Å².